The molecule has 13 heteroatoms. The number of carbonyl (C=O) groups is 2. The fraction of sp³-hybridized carbons (Fsp3) is 0.364. The molecular formula is C22H30N3O8PS. The van der Waals surface area contributed by atoms with Crippen LogP contribution in [0.4, 0.5) is 5.69 Å². The van der Waals surface area contributed by atoms with E-state index in [1.165, 1.54) is 12.1 Å². The van der Waals surface area contributed by atoms with Crippen molar-refractivity contribution >= 4 is 46.0 Å². The van der Waals surface area contributed by atoms with Gasteiger partial charge in [-0.1, -0.05) is 30.8 Å². The minimum Gasteiger partial charge on any atom is -0.383 e. The molecule has 35 heavy (non-hydrogen) atoms. The second-order valence-corrected chi connectivity index (χ2v) is 10.6. The summed E-state index contributed by atoms with van der Waals surface area (Å²) in [4.78, 5) is 23.7. The van der Waals surface area contributed by atoms with Crippen LogP contribution in [0.1, 0.15) is 19.8 Å². The van der Waals surface area contributed by atoms with Crippen molar-refractivity contribution in [3.8, 4) is 0 Å². The van der Waals surface area contributed by atoms with Gasteiger partial charge in [0.15, 0.2) is 0 Å². The molecule has 1 atom stereocenters. The van der Waals surface area contributed by atoms with Gasteiger partial charge in [-0.05, 0) is 19.1 Å². The van der Waals surface area contributed by atoms with Gasteiger partial charge in [-0.25, -0.2) is 0 Å². The Balaban J connectivity index is 1.71. The second kappa shape index (κ2) is 13.4. The molecule has 1 unspecified atom stereocenters. The molecule has 192 valence electrons. The summed E-state index contributed by atoms with van der Waals surface area (Å²) in [5, 5.41) is 9.38. The van der Waals surface area contributed by atoms with E-state index in [1.54, 1.807) is 31.2 Å². The fourth-order valence-electron chi connectivity index (χ4n) is 3.15. The van der Waals surface area contributed by atoms with Crippen LogP contribution < -0.4 is 16.0 Å². The summed E-state index contributed by atoms with van der Waals surface area (Å²) in [6, 6.07) is 9.60. The summed E-state index contributed by atoms with van der Waals surface area (Å²) < 4.78 is 54.7. The zero-order valence-electron chi connectivity index (χ0n) is 19.4. The number of fused-ring (bicyclic) bond motifs is 1. The van der Waals surface area contributed by atoms with Gasteiger partial charge >= 0.3 is 7.60 Å². The van der Waals surface area contributed by atoms with E-state index >= 15 is 0 Å². The zero-order chi connectivity index (χ0) is 25.9. The lowest BCUT2D eigenvalue weighted by Gasteiger charge is -2.14. The Bertz CT molecular complexity index is 1200. The molecule has 0 radical (unpaired) electrons. The number of anilines is 1. The van der Waals surface area contributed by atoms with Crippen LogP contribution in [0.5, 0.6) is 0 Å². The Kier molecular flexibility index (Phi) is 10.9. The van der Waals surface area contributed by atoms with Gasteiger partial charge in [0, 0.05) is 54.8 Å². The molecule has 0 saturated heterocycles. The summed E-state index contributed by atoms with van der Waals surface area (Å²) in [6.07, 6.45) is -0.0334. The zero-order valence-corrected chi connectivity index (χ0v) is 21.1. The number of hydrogen-bond acceptors (Lipinski definition) is 8. The highest BCUT2D eigenvalue weighted by Gasteiger charge is 2.18. The number of hydrogen-bond donors (Lipinski definition) is 4. The van der Waals surface area contributed by atoms with Crippen LogP contribution >= 0.6 is 7.60 Å². The third-order valence-corrected chi connectivity index (χ3v) is 7.25. The van der Waals surface area contributed by atoms with Gasteiger partial charge in [-0.2, -0.15) is 8.42 Å². The predicted molar refractivity (Wildman–Crippen MR) is 133 cm³/mol. The van der Waals surface area contributed by atoms with Crippen molar-refractivity contribution in [2.24, 2.45) is 0 Å². The molecule has 0 heterocycles. The van der Waals surface area contributed by atoms with Crippen molar-refractivity contribution in [1.29, 1.82) is 0 Å². The first-order valence-electron chi connectivity index (χ1n) is 10.9. The maximum Gasteiger partial charge on any atom is 0.353 e. The summed E-state index contributed by atoms with van der Waals surface area (Å²) in [6.45, 7) is 6.01. The first kappa shape index (κ1) is 28.5. The van der Waals surface area contributed by atoms with Gasteiger partial charge in [0.1, 0.15) is 4.90 Å². The Morgan fingerprint density at radius 2 is 1.63 bits per heavy atom. The number of benzene rings is 2. The van der Waals surface area contributed by atoms with Crippen LogP contribution in [0.3, 0.4) is 0 Å². The molecule has 2 amide bonds. The molecule has 0 fully saturated rings. The molecule has 0 aliphatic rings. The SMILES string of the molecule is C=CP(=O)(OCC)OCCNC(=O)CCC(=O)NCCNc1cccc2c(S(=O)(=O)O)cccc12. The van der Waals surface area contributed by atoms with Crippen molar-refractivity contribution in [2.45, 2.75) is 24.7 Å². The highest BCUT2D eigenvalue weighted by Crippen LogP contribution is 2.48. The fourth-order valence-corrected chi connectivity index (χ4v) is 4.85. The average molecular weight is 528 g/mol. The molecular weight excluding hydrogens is 497 g/mol. The quantitative estimate of drug-likeness (QED) is 0.155. The lowest BCUT2D eigenvalue weighted by Crippen LogP contribution is -2.31. The largest absolute Gasteiger partial charge is 0.383 e. The Labute approximate surface area is 204 Å². The molecule has 0 aromatic heterocycles. The molecule has 0 spiro atoms. The van der Waals surface area contributed by atoms with E-state index in [4.69, 9.17) is 9.05 Å². The predicted octanol–water partition coefficient (Wildman–Crippen LogP) is 2.90. The minimum atomic E-state index is -4.36. The van der Waals surface area contributed by atoms with Crippen LogP contribution in [-0.2, 0) is 33.3 Å². The number of amides is 2. The molecule has 2 aromatic rings. The standard InChI is InChI=1S/C22H30N3O8PS/c1-3-32-34(28,4-2)33-16-15-25-22(27)12-11-21(26)24-14-13-23-19-9-5-8-18-17(19)7-6-10-20(18)35(29,30)31/h4-10,23H,2-3,11-16H2,1H3,(H,24,26)(H,25,27)(H,29,30,31). The van der Waals surface area contributed by atoms with E-state index in [9.17, 15) is 27.1 Å². The van der Waals surface area contributed by atoms with E-state index in [0.717, 1.165) is 5.82 Å². The van der Waals surface area contributed by atoms with E-state index in [-0.39, 0.29) is 55.9 Å². The van der Waals surface area contributed by atoms with E-state index < -0.39 is 17.7 Å². The minimum absolute atomic E-state index is 0.0111. The maximum absolute atomic E-state index is 12.0. The molecule has 11 nitrogen and oxygen atoms in total. The lowest BCUT2D eigenvalue weighted by molar-refractivity contribution is -0.126. The van der Waals surface area contributed by atoms with Crippen molar-refractivity contribution in [3.05, 3.63) is 48.8 Å². The Morgan fingerprint density at radius 1 is 1.00 bits per heavy atom. The van der Waals surface area contributed by atoms with Gasteiger partial charge in [0.25, 0.3) is 10.1 Å². The molecule has 0 aliphatic carbocycles. The monoisotopic (exact) mass is 527 g/mol. The Hall–Kier alpha value is -2.76. The number of rotatable bonds is 15. The third kappa shape index (κ3) is 9.08. The molecule has 0 bridgehead atoms. The summed E-state index contributed by atoms with van der Waals surface area (Å²) >= 11 is 0. The molecule has 2 rings (SSSR count). The second-order valence-electron chi connectivity index (χ2n) is 7.23. The number of carbonyl (C=O) groups excluding carboxylic acids is 2. The highest BCUT2D eigenvalue weighted by atomic mass is 32.2. The van der Waals surface area contributed by atoms with E-state index in [0.29, 0.717) is 23.0 Å². The van der Waals surface area contributed by atoms with Crippen molar-refractivity contribution in [3.63, 3.8) is 0 Å². The van der Waals surface area contributed by atoms with Crippen LogP contribution in [0.15, 0.2) is 53.7 Å². The van der Waals surface area contributed by atoms with Crippen molar-refractivity contribution in [2.75, 3.05) is 38.2 Å². The van der Waals surface area contributed by atoms with E-state index in [1.807, 2.05) is 0 Å². The topological polar surface area (TPSA) is 160 Å². The molecule has 0 aliphatic heterocycles. The number of nitrogens with one attached hydrogen (secondary N) is 3. The van der Waals surface area contributed by atoms with Gasteiger partial charge in [-0.15, -0.1) is 0 Å². The van der Waals surface area contributed by atoms with Crippen molar-refractivity contribution in [1.82, 2.24) is 10.6 Å². The lowest BCUT2D eigenvalue weighted by atomic mass is 10.1. The first-order valence-corrected chi connectivity index (χ1v) is 13.9. The van der Waals surface area contributed by atoms with Crippen LogP contribution in [0, 0.1) is 0 Å². The first-order chi connectivity index (χ1) is 16.6. The Morgan fingerprint density at radius 3 is 2.26 bits per heavy atom. The van der Waals surface area contributed by atoms with Gasteiger partial charge in [0.2, 0.25) is 11.8 Å². The van der Waals surface area contributed by atoms with Gasteiger partial charge < -0.3 is 25.0 Å². The summed E-state index contributed by atoms with van der Waals surface area (Å²) in [5.41, 5.74) is 0.647. The molecule has 0 saturated carbocycles. The van der Waals surface area contributed by atoms with E-state index in [2.05, 4.69) is 22.5 Å². The molecule has 4 N–H and O–H groups in total. The normalized spacial score (nSPS) is 13.1. The summed E-state index contributed by atoms with van der Waals surface area (Å²) in [7, 11) is -7.71. The average Bonchev–Trinajstić information content (AvgIpc) is 2.82. The van der Waals surface area contributed by atoms with Gasteiger partial charge in [-0.3, -0.25) is 18.7 Å². The smallest absolute Gasteiger partial charge is 0.353 e. The van der Waals surface area contributed by atoms with Crippen LogP contribution in [0.2, 0.25) is 0 Å². The van der Waals surface area contributed by atoms with Crippen LogP contribution in [0.25, 0.3) is 10.8 Å². The van der Waals surface area contributed by atoms with Gasteiger partial charge in [0.05, 0.1) is 13.2 Å². The molecule has 2 aromatic carbocycles. The third-order valence-electron chi connectivity index (χ3n) is 4.73. The maximum atomic E-state index is 12.0. The highest BCUT2D eigenvalue weighted by molar-refractivity contribution is 7.86. The van der Waals surface area contributed by atoms with Crippen molar-refractivity contribution < 1.29 is 36.2 Å². The van der Waals surface area contributed by atoms with Crippen LogP contribution in [-0.4, -0.2) is 57.6 Å². The summed E-state index contributed by atoms with van der Waals surface area (Å²) in [5.74, 6) is 0.448.